The molecule has 0 heterocycles. The molecule has 2 N–H and O–H groups in total. The van der Waals surface area contributed by atoms with Crippen molar-refractivity contribution in [2.24, 2.45) is 0 Å². The number of carbonyl (C=O) groups is 1. The molecule has 0 aliphatic rings. The van der Waals surface area contributed by atoms with Gasteiger partial charge in [0.15, 0.2) is 0 Å². The summed E-state index contributed by atoms with van der Waals surface area (Å²) in [6, 6.07) is 8.71. The molecule has 3 nitrogen and oxygen atoms in total. The first-order valence-electron chi connectivity index (χ1n) is 6.89. The summed E-state index contributed by atoms with van der Waals surface area (Å²) in [5, 5.41) is 6.34. The quantitative estimate of drug-likeness (QED) is 0.856. The Bertz CT molecular complexity index is 421. The van der Waals surface area contributed by atoms with Gasteiger partial charge in [0, 0.05) is 24.5 Å². The number of hydrogen-bond acceptors (Lipinski definition) is 2. The molecule has 1 amide bonds. The summed E-state index contributed by atoms with van der Waals surface area (Å²) in [5.74, 6) is 0.0939. The molecule has 0 spiro atoms. The van der Waals surface area contributed by atoms with E-state index in [2.05, 4.69) is 48.7 Å². The summed E-state index contributed by atoms with van der Waals surface area (Å²) in [5.41, 5.74) is 2.37. The maximum atomic E-state index is 11.7. The van der Waals surface area contributed by atoms with Crippen LogP contribution in [0.1, 0.15) is 51.3 Å². The maximum absolute atomic E-state index is 11.7. The molecular weight excluding hydrogens is 236 g/mol. The van der Waals surface area contributed by atoms with Crippen LogP contribution in [0.15, 0.2) is 24.3 Å². The van der Waals surface area contributed by atoms with E-state index < -0.39 is 0 Å². The van der Waals surface area contributed by atoms with Gasteiger partial charge in [-0.05, 0) is 40.2 Å². The van der Waals surface area contributed by atoms with Gasteiger partial charge in [-0.1, -0.05) is 29.8 Å². The summed E-state index contributed by atoms with van der Waals surface area (Å²) >= 11 is 0. The molecule has 0 aliphatic heterocycles. The molecule has 1 aromatic carbocycles. The van der Waals surface area contributed by atoms with Gasteiger partial charge in [0.25, 0.3) is 0 Å². The first-order valence-corrected chi connectivity index (χ1v) is 6.89. The molecule has 3 heteroatoms. The second kappa shape index (κ2) is 6.71. The largest absolute Gasteiger partial charge is 0.351 e. The van der Waals surface area contributed by atoms with E-state index in [1.54, 1.807) is 0 Å². The Morgan fingerprint density at radius 3 is 2.58 bits per heavy atom. The molecule has 1 unspecified atom stereocenters. The summed E-state index contributed by atoms with van der Waals surface area (Å²) < 4.78 is 0. The van der Waals surface area contributed by atoms with E-state index in [-0.39, 0.29) is 17.5 Å². The van der Waals surface area contributed by atoms with Crippen LogP contribution in [0.3, 0.4) is 0 Å². The van der Waals surface area contributed by atoms with E-state index in [0.717, 1.165) is 0 Å². The minimum atomic E-state index is -0.154. The van der Waals surface area contributed by atoms with Crippen molar-refractivity contribution in [2.45, 2.75) is 52.6 Å². The fraction of sp³-hybridized carbons (Fsp3) is 0.562. The Morgan fingerprint density at radius 2 is 2.00 bits per heavy atom. The Balaban J connectivity index is 2.35. The minimum absolute atomic E-state index is 0.0939. The molecular formula is C16H26N2O. The van der Waals surface area contributed by atoms with Gasteiger partial charge in [-0.15, -0.1) is 0 Å². The average molecular weight is 262 g/mol. The van der Waals surface area contributed by atoms with Crippen LogP contribution in [0.25, 0.3) is 0 Å². The topological polar surface area (TPSA) is 41.1 Å². The third-order valence-corrected chi connectivity index (χ3v) is 2.86. The van der Waals surface area contributed by atoms with Crippen LogP contribution in [0.2, 0.25) is 0 Å². The summed E-state index contributed by atoms with van der Waals surface area (Å²) in [7, 11) is 0. The first kappa shape index (κ1) is 15.7. The van der Waals surface area contributed by atoms with Crippen molar-refractivity contribution in [3.8, 4) is 0 Å². The van der Waals surface area contributed by atoms with Crippen molar-refractivity contribution in [2.75, 3.05) is 6.54 Å². The van der Waals surface area contributed by atoms with E-state index in [0.29, 0.717) is 13.0 Å². The van der Waals surface area contributed by atoms with Crippen molar-refractivity contribution < 1.29 is 4.79 Å². The van der Waals surface area contributed by atoms with E-state index in [9.17, 15) is 4.79 Å². The molecule has 1 rings (SSSR count). The second-order valence-electron chi connectivity index (χ2n) is 6.14. The van der Waals surface area contributed by atoms with Gasteiger partial charge in [0.2, 0.25) is 5.91 Å². The number of carbonyl (C=O) groups excluding carboxylic acids is 1. The molecule has 19 heavy (non-hydrogen) atoms. The molecule has 1 aromatic rings. The lowest BCUT2D eigenvalue weighted by atomic mass is 10.1. The van der Waals surface area contributed by atoms with Gasteiger partial charge in [0.1, 0.15) is 0 Å². The van der Waals surface area contributed by atoms with Gasteiger partial charge in [-0.2, -0.15) is 0 Å². The van der Waals surface area contributed by atoms with Crippen LogP contribution in [0, 0.1) is 6.92 Å². The van der Waals surface area contributed by atoms with Crippen LogP contribution >= 0.6 is 0 Å². The smallest absolute Gasteiger partial charge is 0.221 e. The molecule has 0 bridgehead atoms. The van der Waals surface area contributed by atoms with Crippen molar-refractivity contribution in [3.05, 3.63) is 35.4 Å². The zero-order valence-electron chi connectivity index (χ0n) is 12.7. The van der Waals surface area contributed by atoms with Gasteiger partial charge < -0.3 is 10.6 Å². The summed E-state index contributed by atoms with van der Waals surface area (Å²) in [6.45, 7) is 10.9. The minimum Gasteiger partial charge on any atom is -0.351 e. The Kier molecular flexibility index (Phi) is 5.55. The van der Waals surface area contributed by atoms with Crippen LogP contribution in [-0.2, 0) is 4.79 Å². The number of benzene rings is 1. The monoisotopic (exact) mass is 262 g/mol. The van der Waals surface area contributed by atoms with Gasteiger partial charge in [-0.3, -0.25) is 4.79 Å². The van der Waals surface area contributed by atoms with Crippen LogP contribution < -0.4 is 10.6 Å². The Morgan fingerprint density at radius 1 is 1.32 bits per heavy atom. The lowest BCUT2D eigenvalue weighted by molar-refractivity contribution is -0.122. The van der Waals surface area contributed by atoms with Crippen LogP contribution in [0.4, 0.5) is 0 Å². The second-order valence-corrected chi connectivity index (χ2v) is 6.14. The summed E-state index contributed by atoms with van der Waals surface area (Å²) in [6.07, 6.45) is 0.507. The highest BCUT2D eigenvalue weighted by Crippen LogP contribution is 2.13. The standard InChI is InChI=1S/C16H26N2O/c1-12-7-6-8-14(11-12)13(2)17-10-9-15(19)18-16(3,4)5/h6-8,11,13,17H,9-10H2,1-5H3,(H,18,19). The van der Waals surface area contributed by atoms with E-state index in [4.69, 9.17) is 0 Å². The highest BCUT2D eigenvalue weighted by molar-refractivity contribution is 5.76. The van der Waals surface area contributed by atoms with Gasteiger partial charge in [0.05, 0.1) is 0 Å². The zero-order chi connectivity index (χ0) is 14.5. The Labute approximate surface area is 116 Å². The van der Waals surface area contributed by atoms with E-state index in [1.807, 2.05) is 20.8 Å². The zero-order valence-corrected chi connectivity index (χ0v) is 12.7. The third-order valence-electron chi connectivity index (χ3n) is 2.86. The van der Waals surface area contributed by atoms with E-state index in [1.165, 1.54) is 11.1 Å². The molecule has 0 radical (unpaired) electrons. The molecule has 0 fully saturated rings. The van der Waals surface area contributed by atoms with Crippen molar-refractivity contribution >= 4 is 5.91 Å². The van der Waals surface area contributed by atoms with Gasteiger partial charge in [-0.25, -0.2) is 0 Å². The van der Waals surface area contributed by atoms with Crippen LogP contribution in [-0.4, -0.2) is 18.0 Å². The van der Waals surface area contributed by atoms with Crippen molar-refractivity contribution in [1.29, 1.82) is 0 Å². The SMILES string of the molecule is Cc1cccc(C(C)NCCC(=O)NC(C)(C)C)c1. The number of aryl methyl sites for hydroxylation is 1. The predicted molar refractivity (Wildman–Crippen MR) is 80.1 cm³/mol. The highest BCUT2D eigenvalue weighted by atomic mass is 16.1. The fourth-order valence-electron chi connectivity index (χ4n) is 1.94. The molecule has 0 saturated carbocycles. The average Bonchev–Trinajstić information content (AvgIpc) is 2.26. The van der Waals surface area contributed by atoms with Crippen molar-refractivity contribution in [3.63, 3.8) is 0 Å². The molecule has 0 aromatic heterocycles. The number of hydrogen-bond donors (Lipinski definition) is 2. The van der Waals surface area contributed by atoms with Crippen molar-refractivity contribution in [1.82, 2.24) is 10.6 Å². The maximum Gasteiger partial charge on any atom is 0.221 e. The molecule has 0 saturated heterocycles. The summed E-state index contributed by atoms with van der Waals surface area (Å²) in [4.78, 5) is 11.7. The molecule has 0 aliphatic carbocycles. The number of rotatable bonds is 5. The number of amides is 1. The lowest BCUT2D eigenvalue weighted by Gasteiger charge is -2.21. The Hall–Kier alpha value is -1.35. The van der Waals surface area contributed by atoms with Gasteiger partial charge >= 0.3 is 0 Å². The number of nitrogens with one attached hydrogen (secondary N) is 2. The normalized spacial score (nSPS) is 13.1. The third kappa shape index (κ3) is 6.39. The predicted octanol–water partition coefficient (Wildman–Crippen LogP) is 2.95. The molecule has 106 valence electrons. The van der Waals surface area contributed by atoms with Crippen LogP contribution in [0.5, 0.6) is 0 Å². The van der Waals surface area contributed by atoms with E-state index >= 15 is 0 Å². The first-order chi connectivity index (χ1) is 8.78. The lowest BCUT2D eigenvalue weighted by Crippen LogP contribution is -2.41. The highest BCUT2D eigenvalue weighted by Gasteiger charge is 2.13. The fourth-order valence-corrected chi connectivity index (χ4v) is 1.94. The molecule has 1 atom stereocenters.